The van der Waals surface area contributed by atoms with Crippen LogP contribution in [0.2, 0.25) is 0 Å². The normalized spacial score (nSPS) is 22.4. The van der Waals surface area contributed by atoms with Crippen LogP contribution < -0.4 is 20.1 Å². The molecule has 0 spiro atoms. The van der Waals surface area contributed by atoms with E-state index in [1.165, 1.54) is 37.0 Å². The van der Waals surface area contributed by atoms with E-state index in [-0.39, 0.29) is 60.2 Å². The van der Waals surface area contributed by atoms with Crippen molar-refractivity contribution in [1.29, 1.82) is 0 Å². The molecule has 3 amide bonds. The van der Waals surface area contributed by atoms with Gasteiger partial charge in [-0.1, -0.05) is 26.2 Å². The molecule has 1 heterocycles. The van der Waals surface area contributed by atoms with Crippen LogP contribution in [0, 0.1) is 5.92 Å². The summed E-state index contributed by atoms with van der Waals surface area (Å²) in [7, 11) is -0.801. The van der Waals surface area contributed by atoms with E-state index in [4.69, 9.17) is 14.2 Å². The van der Waals surface area contributed by atoms with Crippen molar-refractivity contribution >= 4 is 27.6 Å². The third-order valence-electron chi connectivity index (χ3n) is 9.45. The number of aliphatic hydroxyl groups is 1. The first kappa shape index (κ1) is 38.4. The van der Waals surface area contributed by atoms with E-state index in [2.05, 4.69) is 10.6 Å². The van der Waals surface area contributed by atoms with Crippen LogP contribution in [0.1, 0.15) is 82.5 Å². The number of benzene rings is 2. The fourth-order valence-electron chi connectivity index (χ4n) is 6.34. The van der Waals surface area contributed by atoms with Crippen molar-refractivity contribution in [2.45, 2.75) is 101 Å². The number of nitrogens with zero attached hydrogens (tertiary/aromatic N) is 2. The zero-order chi connectivity index (χ0) is 35.6. The molecule has 2 aromatic rings. The predicted octanol–water partition coefficient (Wildman–Crippen LogP) is 5.27. The monoisotopic (exact) mass is 702 g/mol. The molecule has 0 aromatic heterocycles. The minimum Gasteiger partial charge on any atom is -0.497 e. The lowest BCUT2D eigenvalue weighted by molar-refractivity contribution is -0.00834. The van der Waals surface area contributed by atoms with Gasteiger partial charge < -0.3 is 34.9 Å². The highest BCUT2D eigenvalue weighted by atomic mass is 32.2. The SMILES string of the molecule is COc1ccc(S(=O)(=O)N(C)C[C@H]2OCCCC[C@H](C)Oc3ccc(NC(=O)NC4CCCCC4)cc3C(=O)N([C@H](C)CO)C[C@@H]2C)cc1. The van der Waals surface area contributed by atoms with Gasteiger partial charge in [0.05, 0.1) is 42.4 Å². The summed E-state index contributed by atoms with van der Waals surface area (Å²) in [5.41, 5.74) is 0.720. The molecule has 3 N–H and O–H groups in total. The molecule has 272 valence electrons. The van der Waals surface area contributed by atoms with Crippen molar-refractivity contribution in [3.05, 3.63) is 48.0 Å². The molecule has 1 aliphatic heterocycles. The van der Waals surface area contributed by atoms with E-state index in [0.29, 0.717) is 30.2 Å². The van der Waals surface area contributed by atoms with Gasteiger partial charge in [-0.15, -0.1) is 0 Å². The second kappa shape index (κ2) is 18.0. The van der Waals surface area contributed by atoms with Crippen molar-refractivity contribution in [3.63, 3.8) is 0 Å². The minimum absolute atomic E-state index is 0.0609. The Balaban J connectivity index is 1.60. The van der Waals surface area contributed by atoms with E-state index in [0.717, 1.165) is 38.5 Å². The van der Waals surface area contributed by atoms with E-state index < -0.39 is 22.2 Å². The molecule has 0 radical (unpaired) electrons. The summed E-state index contributed by atoms with van der Waals surface area (Å²) in [5.74, 6) is 0.259. The Hall–Kier alpha value is -3.39. The number of urea groups is 1. The van der Waals surface area contributed by atoms with E-state index >= 15 is 0 Å². The molecule has 0 unspecified atom stereocenters. The van der Waals surface area contributed by atoms with Gasteiger partial charge in [0.15, 0.2) is 0 Å². The van der Waals surface area contributed by atoms with Crippen LogP contribution in [-0.2, 0) is 14.8 Å². The number of anilines is 1. The molecule has 2 aromatic carbocycles. The molecule has 2 aliphatic rings. The maximum atomic E-state index is 14.4. The van der Waals surface area contributed by atoms with Crippen molar-refractivity contribution in [2.75, 3.05) is 45.8 Å². The molecular formula is C36H54N4O8S. The minimum atomic E-state index is -3.84. The standard InChI is InChI=1S/C36H54N4O8S/c1-25-22-40(26(2)24-41)35(42)32-21-29(38-36(43)37-28-12-7-6-8-13-28)14-19-33(32)48-27(3)11-9-10-20-47-34(25)23-39(4)49(44,45)31-17-15-30(46-5)16-18-31/h14-19,21,25-28,34,41H,6-13,20,22-24H2,1-5H3,(H2,37,38,43)/t25-,26+,27-,34+/m0/s1. The third-order valence-corrected chi connectivity index (χ3v) is 11.3. The number of hydrogen-bond donors (Lipinski definition) is 3. The van der Waals surface area contributed by atoms with Gasteiger partial charge in [-0.3, -0.25) is 4.79 Å². The smallest absolute Gasteiger partial charge is 0.319 e. The summed E-state index contributed by atoms with van der Waals surface area (Å²) in [6, 6.07) is 10.5. The number of aliphatic hydroxyl groups excluding tert-OH is 1. The molecule has 1 saturated carbocycles. The Labute approximate surface area is 291 Å². The summed E-state index contributed by atoms with van der Waals surface area (Å²) in [4.78, 5) is 29.0. The number of ether oxygens (including phenoxy) is 3. The molecule has 13 heteroatoms. The number of sulfonamides is 1. The zero-order valence-electron chi connectivity index (χ0n) is 29.5. The molecule has 4 atom stereocenters. The van der Waals surface area contributed by atoms with Gasteiger partial charge >= 0.3 is 6.03 Å². The fraction of sp³-hybridized carbons (Fsp3) is 0.611. The van der Waals surface area contributed by atoms with Crippen LogP contribution in [0.25, 0.3) is 0 Å². The van der Waals surface area contributed by atoms with Gasteiger partial charge in [0.2, 0.25) is 10.0 Å². The first-order valence-corrected chi connectivity index (χ1v) is 18.9. The summed E-state index contributed by atoms with van der Waals surface area (Å²) in [5, 5.41) is 16.2. The second-order valence-electron chi connectivity index (χ2n) is 13.4. The van der Waals surface area contributed by atoms with Crippen molar-refractivity contribution in [3.8, 4) is 11.5 Å². The van der Waals surface area contributed by atoms with Crippen LogP contribution in [0.4, 0.5) is 10.5 Å². The Morgan fingerprint density at radius 3 is 2.43 bits per heavy atom. The Morgan fingerprint density at radius 1 is 1.06 bits per heavy atom. The average molecular weight is 703 g/mol. The number of nitrogens with one attached hydrogen (secondary N) is 2. The maximum absolute atomic E-state index is 14.4. The first-order chi connectivity index (χ1) is 23.4. The van der Waals surface area contributed by atoms with Gasteiger partial charge in [0.1, 0.15) is 11.5 Å². The van der Waals surface area contributed by atoms with Crippen LogP contribution >= 0.6 is 0 Å². The van der Waals surface area contributed by atoms with Crippen LogP contribution in [-0.4, -0.2) is 99.4 Å². The number of fused-ring (bicyclic) bond motifs is 1. The highest BCUT2D eigenvalue weighted by molar-refractivity contribution is 7.89. The lowest BCUT2D eigenvalue weighted by Gasteiger charge is -2.35. The largest absolute Gasteiger partial charge is 0.497 e. The number of methoxy groups -OCH3 is 1. The van der Waals surface area contributed by atoms with Gasteiger partial charge in [0, 0.05) is 44.4 Å². The molecule has 12 nitrogen and oxygen atoms in total. The maximum Gasteiger partial charge on any atom is 0.319 e. The van der Waals surface area contributed by atoms with Gasteiger partial charge in [-0.25, -0.2) is 13.2 Å². The Kier molecular flexibility index (Phi) is 14.1. The number of rotatable bonds is 9. The number of likely N-dealkylation sites (N-methyl/N-ethyl adjacent to an activating group) is 1. The van der Waals surface area contributed by atoms with Crippen LogP contribution in [0.15, 0.2) is 47.4 Å². The third kappa shape index (κ3) is 10.6. The van der Waals surface area contributed by atoms with Gasteiger partial charge in [0.25, 0.3) is 5.91 Å². The molecule has 0 bridgehead atoms. The first-order valence-electron chi connectivity index (χ1n) is 17.4. The topological polar surface area (TPSA) is 147 Å². The fourth-order valence-corrected chi connectivity index (χ4v) is 7.52. The summed E-state index contributed by atoms with van der Waals surface area (Å²) in [6.45, 7) is 5.99. The van der Waals surface area contributed by atoms with E-state index in [1.807, 2.05) is 13.8 Å². The number of hydrogen-bond acceptors (Lipinski definition) is 8. The quantitative estimate of drug-likeness (QED) is 0.321. The molecule has 1 aliphatic carbocycles. The van der Waals surface area contributed by atoms with Crippen LogP contribution in [0.3, 0.4) is 0 Å². The van der Waals surface area contributed by atoms with Gasteiger partial charge in [-0.05, 0) is 88.4 Å². The number of amides is 3. The highest BCUT2D eigenvalue weighted by Crippen LogP contribution is 2.29. The van der Waals surface area contributed by atoms with Crippen molar-refractivity contribution < 1.29 is 37.3 Å². The summed E-state index contributed by atoms with van der Waals surface area (Å²) >= 11 is 0. The van der Waals surface area contributed by atoms with Gasteiger partial charge in [-0.2, -0.15) is 4.31 Å². The predicted molar refractivity (Wildman–Crippen MR) is 189 cm³/mol. The van der Waals surface area contributed by atoms with Crippen LogP contribution in [0.5, 0.6) is 11.5 Å². The summed E-state index contributed by atoms with van der Waals surface area (Å²) in [6.07, 6.45) is 6.76. The van der Waals surface area contributed by atoms with Crippen molar-refractivity contribution in [2.24, 2.45) is 5.92 Å². The van der Waals surface area contributed by atoms with Crippen molar-refractivity contribution in [1.82, 2.24) is 14.5 Å². The Morgan fingerprint density at radius 2 is 1.76 bits per heavy atom. The number of carbonyl (C=O) groups excluding carboxylic acids is 2. The molecule has 0 saturated heterocycles. The molecule has 1 fully saturated rings. The second-order valence-corrected chi connectivity index (χ2v) is 15.5. The lowest BCUT2D eigenvalue weighted by atomic mass is 9.96. The molecule has 4 rings (SSSR count). The zero-order valence-corrected chi connectivity index (χ0v) is 30.3. The lowest BCUT2D eigenvalue weighted by Crippen LogP contribution is -2.48. The van der Waals surface area contributed by atoms with E-state index in [9.17, 15) is 23.1 Å². The summed E-state index contributed by atoms with van der Waals surface area (Å²) < 4.78 is 46.1. The Bertz CT molecular complexity index is 1480. The highest BCUT2D eigenvalue weighted by Gasteiger charge is 2.32. The average Bonchev–Trinajstić information content (AvgIpc) is 3.09. The molecule has 49 heavy (non-hydrogen) atoms. The molecular weight excluding hydrogens is 648 g/mol. The number of carbonyl (C=O) groups is 2. The van der Waals surface area contributed by atoms with E-state index in [1.54, 1.807) is 42.2 Å².